The van der Waals surface area contributed by atoms with Crippen molar-refractivity contribution in [2.45, 2.75) is 44.5 Å². The summed E-state index contributed by atoms with van der Waals surface area (Å²) in [5, 5.41) is 29.1. The zero-order valence-corrected chi connectivity index (χ0v) is 19.0. The van der Waals surface area contributed by atoms with Crippen molar-refractivity contribution in [1.82, 2.24) is 24.9 Å². The fraction of sp³-hybridized carbons (Fsp3) is 0.435. The maximum atomic E-state index is 14.2. The van der Waals surface area contributed by atoms with Gasteiger partial charge >= 0.3 is 0 Å². The molecule has 0 aromatic carbocycles. The van der Waals surface area contributed by atoms with Crippen LogP contribution in [0.3, 0.4) is 0 Å². The molecule has 1 aliphatic rings. The number of hydrogen-bond donors (Lipinski definition) is 3. The van der Waals surface area contributed by atoms with Gasteiger partial charge in [0.15, 0.2) is 5.65 Å². The number of aliphatic hydroxyl groups is 1. The second-order valence-electron chi connectivity index (χ2n) is 8.76. The lowest BCUT2D eigenvalue weighted by molar-refractivity contribution is -0.00177. The predicted octanol–water partition coefficient (Wildman–Crippen LogP) is 2.09. The van der Waals surface area contributed by atoms with Gasteiger partial charge in [-0.05, 0) is 32.8 Å². The third-order valence-electron chi connectivity index (χ3n) is 5.70. The molecular weight excluding hydrogens is 441 g/mol. The maximum Gasteiger partial charge on any atom is 0.255 e. The van der Waals surface area contributed by atoms with E-state index in [1.54, 1.807) is 18.5 Å². The number of anilines is 1. The van der Waals surface area contributed by atoms with E-state index >= 15 is 0 Å². The van der Waals surface area contributed by atoms with Gasteiger partial charge in [0.05, 0.1) is 52.6 Å². The second kappa shape index (κ2) is 9.70. The quantitative estimate of drug-likeness (QED) is 0.480. The number of carbonyl (C=O) groups is 1. The van der Waals surface area contributed by atoms with Crippen LogP contribution in [0.1, 0.15) is 42.6 Å². The Bertz CT molecular complexity index is 1230. The van der Waals surface area contributed by atoms with Crippen LogP contribution in [-0.4, -0.2) is 68.2 Å². The molecule has 4 rings (SSSR count). The van der Waals surface area contributed by atoms with E-state index in [0.29, 0.717) is 41.4 Å². The second-order valence-corrected chi connectivity index (χ2v) is 8.76. The van der Waals surface area contributed by atoms with E-state index in [0.717, 1.165) is 12.8 Å². The molecule has 1 amide bonds. The lowest BCUT2D eigenvalue weighted by atomic mass is 10.0. The Morgan fingerprint density at radius 3 is 2.82 bits per heavy atom. The number of rotatable bonds is 7. The van der Waals surface area contributed by atoms with E-state index < -0.39 is 17.7 Å². The van der Waals surface area contributed by atoms with E-state index in [2.05, 4.69) is 25.7 Å². The van der Waals surface area contributed by atoms with Gasteiger partial charge in [-0.2, -0.15) is 10.4 Å². The number of amides is 1. The van der Waals surface area contributed by atoms with E-state index in [4.69, 9.17) is 10.00 Å². The number of alkyl halides is 1. The number of aromatic nitrogens is 4. The molecule has 1 saturated heterocycles. The van der Waals surface area contributed by atoms with Crippen LogP contribution in [0.5, 0.6) is 0 Å². The molecule has 3 aromatic rings. The molecule has 1 atom stereocenters. The molecule has 3 aromatic heterocycles. The van der Waals surface area contributed by atoms with Crippen LogP contribution in [0.15, 0.2) is 30.9 Å². The third-order valence-corrected chi connectivity index (χ3v) is 5.70. The molecule has 1 fully saturated rings. The number of halogens is 1. The molecule has 178 valence electrons. The maximum absolute atomic E-state index is 14.2. The predicted molar refractivity (Wildman–Crippen MR) is 122 cm³/mol. The van der Waals surface area contributed by atoms with Crippen LogP contribution in [-0.2, 0) is 4.74 Å². The van der Waals surface area contributed by atoms with Gasteiger partial charge in [0.1, 0.15) is 12.2 Å². The zero-order chi connectivity index (χ0) is 24.3. The number of nitrogens with one attached hydrogen (secondary N) is 2. The largest absolute Gasteiger partial charge is 0.387 e. The molecule has 10 nitrogen and oxygen atoms in total. The summed E-state index contributed by atoms with van der Waals surface area (Å²) < 4.78 is 21.1. The number of nitriles is 1. The van der Waals surface area contributed by atoms with Gasteiger partial charge in [0.25, 0.3) is 5.91 Å². The summed E-state index contributed by atoms with van der Waals surface area (Å²) in [5.41, 5.74) is 1.30. The number of carbonyl (C=O) groups excluding carboxylic acids is 1. The fourth-order valence-corrected chi connectivity index (χ4v) is 3.61. The Kier molecular flexibility index (Phi) is 6.72. The molecule has 0 aliphatic carbocycles. The molecule has 0 saturated carbocycles. The summed E-state index contributed by atoms with van der Waals surface area (Å²) in [7, 11) is 0. The molecule has 1 aliphatic heterocycles. The van der Waals surface area contributed by atoms with Crippen molar-refractivity contribution >= 4 is 17.2 Å². The van der Waals surface area contributed by atoms with Crippen molar-refractivity contribution in [3.8, 4) is 17.3 Å². The highest BCUT2D eigenvalue weighted by Gasteiger charge is 2.27. The molecule has 0 unspecified atom stereocenters. The molecule has 0 bridgehead atoms. The molecule has 3 N–H and O–H groups in total. The number of nitrogens with zero attached hydrogens (tertiary/aromatic N) is 5. The smallest absolute Gasteiger partial charge is 0.255 e. The molecular formula is C23H26FN7O3. The van der Waals surface area contributed by atoms with Gasteiger partial charge in [-0.1, -0.05) is 0 Å². The van der Waals surface area contributed by atoms with E-state index in [1.807, 2.05) is 6.07 Å². The minimum absolute atomic E-state index is 0.0982. The van der Waals surface area contributed by atoms with Gasteiger partial charge in [-0.3, -0.25) is 9.78 Å². The van der Waals surface area contributed by atoms with Gasteiger partial charge in [-0.15, -0.1) is 0 Å². The Labute approximate surface area is 195 Å². The molecule has 4 heterocycles. The Hall–Kier alpha value is -3.62. The highest BCUT2D eigenvalue weighted by atomic mass is 19.1. The minimum atomic E-state index is -1.63. The first-order valence-electron chi connectivity index (χ1n) is 11.0. The minimum Gasteiger partial charge on any atom is -0.387 e. The zero-order valence-electron chi connectivity index (χ0n) is 19.0. The average molecular weight is 468 g/mol. The standard InChI is InChI=1S/C23H26FN7O3/c1-23(2,33)20(24)12-28-22(32)17-10-26-18(7-19(17)30-15-3-5-34-6-4-15)16-11-29-31-13-14(8-25)9-27-21(16)31/h7,9-11,13,15,20,33H,3-6,12H2,1-2H3,(H,26,30)(H,28,32)/t20-/m1/s1. The third kappa shape index (κ3) is 5.13. The van der Waals surface area contributed by atoms with Gasteiger partial charge in [-0.25, -0.2) is 13.9 Å². The van der Waals surface area contributed by atoms with Crippen molar-refractivity contribution in [2.75, 3.05) is 25.1 Å². The molecule has 34 heavy (non-hydrogen) atoms. The van der Waals surface area contributed by atoms with Crippen LogP contribution in [0.25, 0.3) is 16.9 Å². The first-order valence-corrected chi connectivity index (χ1v) is 11.0. The van der Waals surface area contributed by atoms with Crippen LogP contribution in [0.4, 0.5) is 10.1 Å². The summed E-state index contributed by atoms with van der Waals surface area (Å²) in [5.74, 6) is -0.503. The highest BCUT2D eigenvalue weighted by Crippen LogP contribution is 2.28. The Morgan fingerprint density at radius 2 is 2.12 bits per heavy atom. The number of ether oxygens (including phenoxy) is 1. The highest BCUT2D eigenvalue weighted by molar-refractivity contribution is 6.00. The summed E-state index contributed by atoms with van der Waals surface area (Å²) >= 11 is 0. The molecule has 0 radical (unpaired) electrons. The van der Waals surface area contributed by atoms with Gasteiger partial charge in [0, 0.05) is 31.6 Å². The van der Waals surface area contributed by atoms with Crippen molar-refractivity contribution in [2.24, 2.45) is 0 Å². The monoisotopic (exact) mass is 467 g/mol. The summed E-state index contributed by atoms with van der Waals surface area (Å²) in [6.45, 7) is 3.60. The first-order chi connectivity index (χ1) is 16.3. The Morgan fingerprint density at radius 1 is 1.35 bits per heavy atom. The summed E-state index contributed by atoms with van der Waals surface area (Å²) in [4.78, 5) is 21.7. The first kappa shape index (κ1) is 23.5. The topological polar surface area (TPSA) is 137 Å². The van der Waals surface area contributed by atoms with Gasteiger partial charge < -0.3 is 20.5 Å². The summed E-state index contributed by atoms with van der Waals surface area (Å²) in [6, 6.07) is 3.86. The lowest BCUT2D eigenvalue weighted by Gasteiger charge is -2.26. The van der Waals surface area contributed by atoms with Gasteiger partial charge in [0.2, 0.25) is 0 Å². The van der Waals surface area contributed by atoms with Crippen molar-refractivity contribution in [3.05, 3.63) is 42.0 Å². The normalized spacial score (nSPS) is 15.6. The van der Waals surface area contributed by atoms with E-state index in [-0.39, 0.29) is 18.2 Å². The van der Waals surface area contributed by atoms with Crippen LogP contribution in [0.2, 0.25) is 0 Å². The Balaban J connectivity index is 1.65. The van der Waals surface area contributed by atoms with Crippen LogP contribution >= 0.6 is 0 Å². The van der Waals surface area contributed by atoms with E-state index in [9.17, 15) is 14.3 Å². The number of fused-ring (bicyclic) bond motifs is 1. The molecule has 11 heteroatoms. The van der Waals surface area contributed by atoms with Crippen LogP contribution in [0, 0.1) is 11.3 Å². The van der Waals surface area contributed by atoms with E-state index in [1.165, 1.54) is 30.8 Å². The summed E-state index contributed by atoms with van der Waals surface area (Å²) in [6.07, 6.45) is 5.99. The molecule has 0 spiro atoms. The van der Waals surface area contributed by atoms with Crippen molar-refractivity contribution < 1.29 is 19.0 Å². The average Bonchev–Trinajstić information content (AvgIpc) is 3.25. The van der Waals surface area contributed by atoms with Crippen LogP contribution < -0.4 is 10.6 Å². The number of hydrogen-bond acceptors (Lipinski definition) is 8. The SMILES string of the molecule is CC(C)(O)[C@H](F)CNC(=O)c1cnc(-c2cnn3cc(C#N)cnc23)cc1NC1CCOCC1. The number of pyridine rings is 1. The van der Waals surface area contributed by atoms with Crippen molar-refractivity contribution in [3.63, 3.8) is 0 Å². The lowest BCUT2D eigenvalue weighted by Crippen LogP contribution is -2.42. The fourth-order valence-electron chi connectivity index (χ4n) is 3.61. The van der Waals surface area contributed by atoms with Crippen molar-refractivity contribution in [1.29, 1.82) is 5.26 Å².